The third-order valence-electron chi connectivity index (χ3n) is 12.0. The van der Waals surface area contributed by atoms with Crippen molar-refractivity contribution in [1.82, 2.24) is 19.4 Å². The number of hydrogen-bond acceptors (Lipinski definition) is 16. The van der Waals surface area contributed by atoms with Crippen LogP contribution in [0.2, 0.25) is 0 Å². The van der Waals surface area contributed by atoms with E-state index in [9.17, 15) is 36.1 Å². The van der Waals surface area contributed by atoms with Gasteiger partial charge in [0, 0.05) is 52.7 Å². The quantitative estimate of drug-likeness (QED) is 0.0663. The van der Waals surface area contributed by atoms with Gasteiger partial charge in [0.05, 0.1) is 74.2 Å². The number of nitrogens with zero attached hydrogens (tertiary/aromatic N) is 6. The van der Waals surface area contributed by atoms with E-state index in [1.54, 1.807) is 44.2 Å². The SMILES string of the molecule is COc1cc(-c2ccc(C#N)c(C)c2)c(F)cc1-n1c(=O)ccc2cc(S(=O)(=O)Nc3ccon3)ccc21.COc1cc(Br)c(F)cc1-n1c(=O)ccc2cc(S(=O)(=O)Nc3ccon3)ccc21.Cc1cc(B(O)O)ccc1C#N.P.P. The third kappa shape index (κ3) is 13.6. The molecule has 0 radical (unpaired) electrons. The van der Waals surface area contributed by atoms with Gasteiger partial charge in [-0.05, 0) is 125 Å². The summed E-state index contributed by atoms with van der Waals surface area (Å²) in [6.07, 6.45) is 2.47. The van der Waals surface area contributed by atoms with Gasteiger partial charge in [-0.3, -0.25) is 28.2 Å². The number of aromatic nitrogens is 4. The molecule has 2 unspecified atom stereocenters. The minimum absolute atomic E-state index is 0. The predicted molar refractivity (Wildman–Crippen MR) is 317 cm³/mol. The van der Waals surface area contributed by atoms with E-state index in [1.165, 1.54) is 139 Å². The lowest BCUT2D eigenvalue weighted by atomic mass is 9.79. The summed E-state index contributed by atoms with van der Waals surface area (Å²) in [6.45, 7) is 3.52. The van der Waals surface area contributed by atoms with Gasteiger partial charge in [-0.25, -0.2) is 25.6 Å². The van der Waals surface area contributed by atoms with Crippen LogP contribution in [0.3, 0.4) is 0 Å². The Bertz CT molecular complexity index is 4470. The highest BCUT2D eigenvalue weighted by atomic mass is 79.9. The molecule has 28 heteroatoms. The van der Waals surface area contributed by atoms with Crippen molar-refractivity contribution in [2.75, 3.05) is 23.7 Å². The van der Waals surface area contributed by atoms with Crippen LogP contribution in [0.25, 0.3) is 44.3 Å². The van der Waals surface area contributed by atoms with Crippen LogP contribution in [0.15, 0.2) is 179 Å². The predicted octanol–water partition coefficient (Wildman–Crippen LogP) is 8.13. The first kappa shape index (κ1) is 62.6. The van der Waals surface area contributed by atoms with Gasteiger partial charge in [0.2, 0.25) is 0 Å². The molecule has 20 nitrogen and oxygen atoms in total. The monoisotopic (exact) mass is 1250 g/mol. The molecule has 10 aromatic rings. The molecule has 4 aromatic heterocycles. The Balaban J connectivity index is 0.000000219. The summed E-state index contributed by atoms with van der Waals surface area (Å²) >= 11 is 3.09. The molecule has 0 spiro atoms. The summed E-state index contributed by atoms with van der Waals surface area (Å²) < 4.78 is 108. The van der Waals surface area contributed by atoms with Gasteiger partial charge in [0.1, 0.15) is 35.7 Å². The molecule has 420 valence electrons. The number of methoxy groups -OCH3 is 2. The van der Waals surface area contributed by atoms with Gasteiger partial charge in [-0.2, -0.15) is 30.3 Å². The summed E-state index contributed by atoms with van der Waals surface area (Å²) in [6, 6.07) is 35.6. The van der Waals surface area contributed by atoms with E-state index in [4.69, 9.17) is 24.8 Å². The first-order valence-electron chi connectivity index (χ1n) is 23.1. The summed E-state index contributed by atoms with van der Waals surface area (Å²) in [4.78, 5) is 25.5. The number of ether oxygens (including phenoxy) is 2. The Morgan fingerprint density at radius 3 is 1.50 bits per heavy atom. The normalized spacial score (nSPS) is 10.8. The maximum absolute atomic E-state index is 15.4. The van der Waals surface area contributed by atoms with Crippen LogP contribution in [-0.2, 0) is 20.0 Å². The number of halogens is 3. The molecule has 4 N–H and O–H groups in total. The molecule has 0 fully saturated rings. The fourth-order valence-electron chi connectivity index (χ4n) is 8.09. The van der Waals surface area contributed by atoms with Crippen molar-refractivity contribution in [1.29, 1.82) is 10.5 Å². The van der Waals surface area contributed by atoms with E-state index in [0.717, 1.165) is 5.56 Å². The average Bonchev–Trinajstić information content (AvgIpc) is 4.29. The Labute approximate surface area is 481 Å². The summed E-state index contributed by atoms with van der Waals surface area (Å²) in [5, 5.41) is 43.3. The molecule has 0 bridgehead atoms. The molecule has 10 rings (SSSR count). The van der Waals surface area contributed by atoms with Crippen molar-refractivity contribution in [3.05, 3.63) is 205 Å². The zero-order valence-electron chi connectivity index (χ0n) is 43.5. The highest BCUT2D eigenvalue weighted by Gasteiger charge is 2.22. The van der Waals surface area contributed by atoms with Gasteiger partial charge in [-0.1, -0.05) is 34.6 Å². The second-order valence-electron chi connectivity index (χ2n) is 17.1. The maximum atomic E-state index is 15.4. The van der Waals surface area contributed by atoms with Crippen molar-refractivity contribution in [3.63, 3.8) is 0 Å². The lowest BCUT2D eigenvalue weighted by Crippen LogP contribution is -2.29. The number of anilines is 2. The molecule has 2 atom stereocenters. The van der Waals surface area contributed by atoms with E-state index >= 15 is 4.39 Å². The summed E-state index contributed by atoms with van der Waals surface area (Å²) in [5.41, 5.74) is 3.83. The van der Waals surface area contributed by atoms with Crippen molar-refractivity contribution in [3.8, 4) is 46.1 Å². The van der Waals surface area contributed by atoms with Crippen molar-refractivity contribution in [2.45, 2.75) is 23.6 Å². The number of nitriles is 2. The van der Waals surface area contributed by atoms with E-state index in [-0.39, 0.29) is 74.1 Å². The molecule has 0 aliphatic heterocycles. The molecule has 0 aliphatic rings. The number of fused-ring (bicyclic) bond motifs is 2. The number of benzene rings is 6. The zero-order chi connectivity index (χ0) is 57.6. The Morgan fingerprint density at radius 2 is 1.07 bits per heavy atom. The van der Waals surface area contributed by atoms with Crippen molar-refractivity contribution < 1.29 is 54.2 Å². The molecule has 0 aliphatic carbocycles. The minimum atomic E-state index is -3.99. The lowest BCUT2D eigenvalue weighted by Gasteiger charge is -2.17. The lowest BCUT2D eigenvalue weighted by molar-refractivity contribution is 0.411. The number of aryl methyl sites for hydroxylation is 2. The topological polar surface area (TPSA) is 295 Å². The molecule has 0 amide bonds. The van der Waals surface area contributed by atoms with Crippen LogP contribution in [-0.4, -0.2) is 67.7 Å². The molecular formula is C54H46BBrF2N8O12P2S2. The Morgan fingerprint density at radius 1 is 0.610 bits per heavy atom. The van der Waals surface area contributed by atoms with E-state index in [2.05, 4.69) is 50.8 Å². The first-order chi connectivity index (χ1) is 38.2. The molecule has 82 heavy (non-hydrogen) atoms. The summed E-state index contributed by atoms with van der Waals surface area (Å²) in [5.74, 6) is -0.636. The third-order valence-corrected chi connectivity index (χ3v) is 15.3. The standard InChI is InChI=1S/C27H19FN4O5S.C19H13BrFN3O5S.C8H8BNO2.2H3P/c1-16-11-17(3-4-19(16)15-29)21-13-25(36-2)24(14-22(21)28)32-23-7-6-20(12-18(23)5-8-27(32)33)38(34,35)31-26-9-10-37-30-26;1-28-17-9-13(20)14(21)10-16(17)24-15-4-3-12(8-11(15)2-5-19(24)25)30(26,27)23-18-6-7-29-22-18;1-6-4-8(9(11)12)3-2-7(6)5-10;;/h3-14H,1-2H3,(H,30,31);2-10H,1H3,(H,22,23);2-4,11-12H,1H3;2*1H3. The fourth-order valence-corrected chi connectivity index (χ4v) is 10.5. The van der Waals surface area contributed by atoms with Crippen LogP contribution >= 0.6 is 35.7 Å². The van der Waals surface area contributed by atoms with E-state index < -0.39 is 49.9 Å². The van der Waals surface area contributed by atoms with Gasteiger partial charge in [0.15, 0.2) is 11.6 Å². The minimum Gasteiger partial charge on any atom is -0.495 e. The van der Waals surface area contributed by atoms with Crippen LogP contribution in [0.4, 0.5) is 20.4 Å². The van der Waals surface area contributed by atoms with Gasteiger partial charge < -0.3 is 28.6 Å². The molecule has 6 aromatic carbocycles. The Hall–Kier alpha value is -8.58. The van der Waals surface area contributed by atoms with Crippen LogP contribution < -0.4 is 35.5 Å². The van der Waals surface area contributed by atoms with Gasteiger partial charge in [-0.15, -0.1) is 0 Å². The highest BCUT2D eigenvalue weighted by Crippen LogP contribution is 2.35. The van der Waals surface area contributed by atoms with Crippen LogP contribution in [0.5, 0.6) is 11.5 Å². The van der Waals surface area contributed by atoms with Crippen LogP contribution in [0, 0.1) is 48.1 Å². The maximum Gasteiger partial charge on any atom is 0.488 e. The van der Waals surface area contributed by atoms with Gasteiger partial charge >= 0.3 is 7.12 Å². The smallest absolute Gasteiger partial charge is 0.488 e. The Kier molecular flexibility index (Phi) is 20.1. The largest absolute Gasteiger partial charge is 0.495 e. The number of nitrogens with one attached hydrogen (secondary N) is 2. The molecule has 4 heterocycles. The molecular weight excluding hydrogens is 1210 g/mol. The highest BCUT2D eigenvalue weighted by molar-refractivity contribution is 9.10. The van der Waals surface area contributed by atoms with Crippen molar-refractivity contribution >= 4 is 102 Å². The fraction of sp³-hybridized carbons (Fsp3) is 0.0741. The molecule has 0 saturated carbocycles. The van der Waals surface area contributed by atoms with Crippen molar-refractivity contribution in [2.24, 2.45) is 0 Å². The second-order valence-corrected chi connectivity index (χ2v) is 21.3. The average molecular weight is 1250 g/mol. The number of pyridine rings is 2. The molecule has 0 saturated heterocycles. The van der Waals surface area contributed by atoms with Crippen LogP contribution in [0.1, 0.15) is 22.3 Å². The summed E-state index contributed by atoms with van der Waals surface area (Å²) in [7, 11) is -6.59. The number of hydrogen-bond donors (Lipinski definition) is 4. The number of sulfonamides is 2. The second kappa shape index (κ2) is 26.3. The first-order valence-corrected chi connectivity index (χ1v) is 26.9. The number of rotatable bonds is 12. The van der Waals surface area contributed by atoms with E-state index in [1.807, 2.05) is 6.07 Å². The van der Waals surface area contributed by atoms with E-state index in [0.29, 0.717) is 49.5 Å². The zero-order valence-corrected chi connectivity index (χ0v) is 49.5. The van der Waals surface area contributed by atoms with Gasteiger partial charge in [0.25, 0.3) is 31.2 Å².